The molecule has 2 saturated heterocycles. The van der Waals surface area contributed by atoms with Crippen molar-refractivity contribution in [1.82, 2.24) is 31.3 Å². The van der Waals surface area contributed by atoms with Crippen LogP contribution in [-0.2, 0) is 28.4 Å². The van der Waals surface area contributed by atoms with E-state index in [4.69, 9.17) is 28.8 Å². The lowest BCUT2D eigenvalue weighted by molar-refractivity contribution is 0.0112. The van der Waals surface area contributed by atoms with E-state index < -0.39 is 36.1 Å². The molecule has 5 N–H and O–H groups in total. The maximum absolute atomic E-state index is 13.4. The molecule has 2 heterocycles. The number of amides is 5. The van der Waals surface area contributed by atoms with Gasteiger partial charge in [0.2, 0.25) is 0 Å². The van der Waals surface area contributed by atoms with Gasteiger partial charge in [0.05, 0.1) is 26.4 Å². The van der Waals surface area contributed by atoms with Crippen LogP contribution in [0, 0.1) is 11.8 Å². The average molecular weight is 1050 g/mol. The van der Waals surface area contributed by atoms with E-state index in [9.17, 15) is 24.0 Å². The summed E-state index contributed by atoms with van der Waals surface area (Å²) < 4.78 is 33.6. The van der Waals surface area contributed by atoms with Gasteiger partial charge in [-0.2, -0.15) is 0 Å². The fraction of sp³-hybridized carbons (Fsp3) is 0.500. The van der Waals surface area contributed by atoms with Crippen LogP contribution in [0.1, 0.15) is 121 Å². The number of hydrazine groups is 1. The molecule has 0 radical (unpaired) electrons. The summed E-state index contributed by atoms with van der Waals surface area (Å²) in [4.78, 5) is 63.2. The number of carbonyl (C=O) groups excluding carboxylic acids is 4. The first kappa shape index (κ1) is 60.3. The Labute approximate surface area is 448 Å². The number of methoxy groups -OCH3 is 1. The predicted molar refractivity (Wildman–Crippen MR) is 289 cm³/mol. The van der Waals surface area contributed by atoms with Crippen molar-refractivity contribution in [2.24, 2.45) is 11.8 Å². The van der Waals surface area contributed by atoms with Crippen LogP contribution in [-0.4, -0.2) is 144 Å². The van der Waals surface area contributed by atoms with Crippen molar-refractivity contribution >= 4 is 30.1 Å². The predicted octanol–water partition coefficient (Wildman–Crippen LogP) is 8.77. The molecule has 5 unspecified atom stereocenters. The fourth-order valence-electron chi connectivity index (χ4n) is 9.04. The standard InChI is InChI=1S/C32H45N3O7.C26H35N3O5/c1-32(2,3)42-31(38)35(4)27(19-23-11-10-17-40-22-23)21-34-29(36)26-15-9-14-25(20-26)28(24-12-7-6-8-13-24)41-18-16-33-30(37)39-5;1-27-29(15-6-8-20-9-7-16-33-19-20)25(30)23-13-5-12-22(18-23)24(21-10-3-2-4-11-21)34-17-14-28-26(31)32/h6-9,12-15,20,23,27-28H,10-11,16-19,21-22H2,1-5H3,(H,33,37)(H,34,36);2-5,10-13,18,20,24,27-28H,6-9,14-17,19H2,1H3,(H,31,32). The lowest BCUT2D eigenvalue weighted by atomic mass is 9.93. The van der Waals surface area contributed by atoms with Crippen LogP contribution < -0.4 is 21.4 Å². The van der Waals surface area contributed by atoms with Crippen molar-refractivity contribution in [2.75, 3.05) is 87.0 Å². The second-order valence-corrected chi connectivity index (χ2v) is 19.9. The Balaban J connectivity index is 0.000000287. The van der Waals surface area contributed by atoms with E-state index >= 15 is 0 Å². The minimum absolute atomic E-state index is 0.0939. The summed E-state index contributed by atoms with van der Waals surface area (Å²) in [6, 6.07) is 33.8. The van der Waals surface area contributed by atoms with Crippen LogP contribution in [0.5, 0.6) is 0 Å². The molecule has 4 aromatic carbocycles. The molecule has 2 aliphatic heterocycles. The van der Waals surface area contributed by atoms with Crippen LogP contribution in [0.3, 0.4) is 0 Å². The molecule has 414 valence electrons. The quantitative estimate of drug-likeness (QED) is 0.0328. The molecule has 0 saturated carbocycles. The smallest absolute Gasteiger partial charge is 0.410 e. The van der Waals surface area contributed by atoms with Gasteiger partial charge in [-0.3, -0.25) is 14.6 Å². The molecule has 0 spiro atoms. The summed E-state index contributed by atoms with van der Waals surface area (Å²) in [6.07, 6.45) is 4.05. The largest absolute Gasteiger partial charge is 0.465 e. The first-order chi connectivity index (χ1) is 36.6. The molecule has 5 amide bonds. The number of benzene rings is 4. The normalized spacial score (nSPS) is 16.6. The van der Waals surface area contributed by atoms with Gasteiger partial charge in [0.1, 0.15) is 17.8 Å². The highest BCUT2D eigenvalue weighted by Crippen LogP contribution is 2.29. The molecular formula is C58H80N6O12. The third-order valence-electron chi connectivity index (χ3n) is 12.9. The Kier molecular flexibility index (Phi) is 25.5. The number of rotatable bonds is 24. The van der Waals surface area contributed by atoms with E-state index in [0.717, 1.165) is 74.2 Å². The summed E-state index contributed by atoms with van der Waals surface area (Å²) in [5.41, 5.74) is 6.94. The lowest BCUT2D eigenvalue weighted by Crippen LogP contribution is -2.48. The van der Waals surface area contributed by atoms with Crippen LogP contribution in [0.4, 0.5) is 14.4 Å². The number of nitrogens with zero attached hydrogens (tertiary/aromatic N) is 2. The summed E-state index contributed by atoms with van der Waals surface area (Å²) in [7, 11) is 4.78. The highest BCUT2D eigenvalue weighted by Gasteiger charge is 2.29. The first-order valence-corrected chi connectivity index (χ1v) is 26.4. The molecule has 0 bridgehead atoms. The van der Waals surface area contributed by atoms with E-state index in [0.29, 0.717) is 42.5 Å². The van der Waals surface area contributed by atoms with Gasteiger partial charge in [-0.15, -0.1) is 0 Å². The Bertz CT molecular complexity index is 2380. The van der Waals surface area contributed by atoms with Crippen LogP contribution in [0.2, 0.25) is 0 Å². The minimum atomic E-state index is -1.09. The number of hydrogen-bond acceptors (Lipinski definition) is 12. The second kappa shape index (κ2) is 32.1. The highest BCUT2D eigenvalue weighted by atomic mass is 16.6. The average Bonchev–Trinajstić information content (AvgIpc) is 3.43. The number of hydrogen-bond donors (Lipinski definition) is 5. The van der Waals surface area contributed by atoms with Gasteiger partial charge in [0.15, 0.2) is 0 Å². The first-order valence-electron chi connectivity index (χ1n) is 26.4. The second-order valence-electron chi connectivity index (χ2n) is 19.9. The molecule has 6 rings (SSSR count). The summed E-state index contributed by atoms with van der Waals surface area (Å²) in [5, 5.41) is 18.4. The van der Waals surface area contributed by atoms with Gasteiger partial charge in [-0.25, -0.2) is 19.8 Å². The number of alkyl carbamates (subject to hydrolysis) is 1. The lowest BCUT2D eigenvalue weighted by Gasteiger charge is -2.34. The molecule has 2 fully saturated rings. The topological polar surface area (TPSA) is 216 Å². The van der Waals surface area contributed by atoms with Crippen molar-refractivity contribution in [3.63, 3.8) is 0 Å². The van der Waals surface area contributed by atoms with Crippen LogP contribution in [0.25, 0.3) is 0 Å². The van der Waals surface area contributed by atoms with Gasteiger partial charge in [-0.1, -0.05) is 84.9 Å². The molecule has 76 heavy (non-hydrogen) atoms. The third kappa shape index (κ3) is 20.9. The van der Waals surface area contributed by atoms with Crippen LogP contribution in [0.15, 0.2) is 109 Å². The molecular weight excluding hydrogens is 973 g/mol. The van der Waals surface area contributed by atoms with Gasteiger partial charge in [0, 0.05) is 77.8 Å². The maximum Gasteiger partial charge on any atom is 0.410 e. The minimum Gasteiger partial charge on any atom is -0.465 e. The SMILES string of the molecule is CNN(CCCC1CCCOC1)C(=O)c1cccc(C(OCCNC(=O)O)c2ccccc2)c1.COC(=O)NCCOC(c1ccccc1)c1cccc(C(=O)NCC(CC2CCCOC2)N(C)C(=O)OC(C)(C)C)c1. The van der Waals surface area contributed by atoms with Gasteiger partial charge in [-0.05, 0) is 124 Å². The zero-order valence-corrected chi connectivity index (χ0v) is 45.1. The van der Waals surface area contributed by atoms with Crippen molar-refractivity contribution in [2.45, 2.75) is 89.6 Å². The highest BCUT2D eigenvalue weighted by molar-refractivity contribution is 5.95. The Morgan fingerprint density at radius 3 is 1.78 bits per heavy atom. The zero-order chi connectivity index (χ0) is 54.7. The number of ether oxygens (including phenoxy) is 6. The molecule has 0 aromatic heterocycles. The number of nitrogens with one attached hydrogen (secondary N) is 4. The Morgan fingerprint density at radius 1 is 0.711 bits per heavy atom. The maximum atomic E-state index is 13.4. The van der Waals surface area contributed by atoms with E-state index in [1.165, 1.54) is 13.5 Å². The van der Waals surface area contributed by atoms with E-state index in [1.807, 2.05) is 118 Å². The van der Waals surface area contributed by atoms with E-state index in [1.54, 1.807) is 36.1 Å². The van der Waals surface area contributed by atoms with Gasteiger partial charge < -0.3 is 54.4 Å². The number of carbonyl (C=O) groups is 5. The van der Waals surface area contributed by atoms with E-state index in [-0.39, 0.29) is 50.7 Å². The van der Waals surface area contributed by atoms with Crippen LogP contribution >= 0.6 is 0 Å². The molecule has 18 heteroatoms. The number of likely N-dealkylation sites (N-methyl/N-ethyl adjacent to an activating group) is 1. The van der Waals surface area contributed by atoms with Gasteiger partial charge >= 0.3 is 18.3 Å². The van der Waals surface area contributed by atoms with Crippen molar-refractivity contribution in [3.05, 3.63) is 143 Å². The zero-order valence-electron chi connectivity index (χ0n) is 45.1. The van der Waals surface area contributed by atoms with E-state index in [2.05, 4.69) is 26.1 Å². The van der Waals surface area contributed by atoms with Crippen molar-refractivity contribution in [3.8, 4) is 0 Å². The summed E-state index contributed by atoms with van der Waals surface area (Å²) in [5.74, 6) is 0.527. The molecule has 2 aliphatic rings. The molecule has 0 aliphatic carbocycles. The summed E-state index contributed by atoms with van der Waals surface area (Å²) in [6.45, 7) is 10.4. The fourth-order valence-corrected chi connectivity index (χ4v) is 9.04. The Morgan fingerprint density at radius 2 is 1.25 bits per heavy atom. The van der Waals surface area contributed by atoms with Crippen molar-refractivity contribution < 1.29 is 57.5 Å². The molecule has 18 nitrogen and oxygen atoms in total. The Hall–Kier alpha value is -6.57. The summed E-state index contributed by atoms with van der Waals surface area (Å²) >= 11 is 0. The monoisotopic (exact) mass is 1050 g/mol. The van der Waals surface area contributed by atoms with Gasteiger partial charge in [0.25, 0.3) is 11.8 Å². The van der Waals surface area contributed by atoms with Crippen molar-refractivity contribution in [1.29, 1.82) is 0 Å². The molecule has 4 aromatic rings. The third-order valence-corrected chi connectivity index (χ3v) is 12.9. The number of carboxylic acid groups (broad SMARTS) is 1. The molecule has 5 atom stereocenters.